The molecule has 0 aliphatic carbocycles. The zero-order chi connectivity index (χ0) is 19.7. The van der Waals surface area contributed by atoms with Crippen LogP contribution in [0.15, 0.2) is 30.5 Å². The summed E-state index contributed by atoms with van der Waals surface area (Å²) in [6.07, 6.45) is -0.294. The second-order valence-corrected chi connectivity index (χ2v) is 7.27. The Morgan fingerprint density at radius 3 is 2.93 bits per heavy atom. The van der Waals surface area contributed by atoms with E-state index in [0.29, 0.717) is 30.7 Å². The lowest BCUT2D eigenvalue weighted by atomic mass is 10.1. The first-order chi connectivity index (χ1) is 13.6. The van der Waals surface area contributed by atoms with E-state index in [1.165, 1.54) is 0 Å². The van der Waals surface area contributed by atoms with Crippen molar-refractivity contribution in [1.29, 1.82) is 5.26 Å². The average molecular weight is 420 g/mol. The van der Waals surface area contributed by atoms with Crippen molar-refractivity contribution in [2.75, 3.05) is 31.1 Å². The molecule has 154 valence electrons. The van der Waals surface area contributed by atoms with Crippen LogP contribution in [0.2, 0.25) is 0 Å². The number of halogens is 2. The maximum atomic E-state index is 13.8. The lowest BCUT2D eigenvalue weighted by Crippen LogP contribution is -2.55. The maximum absolute atomic E-state index is 13.8. The number of amides is 1. The van der Waals surface area contributed by atoms with E-state index in [2.05, 4.69) is 26.6 Å². The highest BCUT2D eigenvalue weighted by Crippen LogP contribution is 2.30. The standard InChI is InChI=1S/C20H22FN5O2.ClH/c1-12-10-26(11-18(28-12)20(27)25-16-9-23-8-15(16)21)17-5-4-13(7-22)19-14(17)3-2-6-24-19;/h2-6,12,15-16,18,23H,8-11H2,1H3,(H,25,27);1H/t12-,15+,16-,18-;/m1./s1. The first-order valence-corrected chi connectivity index (χ1v) is 9.40. The number of fused-ring (bicyclic) bond motifs is 1. The Labute approximate surface area is 174 Å². The fourth-order valence-corrected chi connectivity index (χ4v) is 3.88. The van der Waals surface area contributed by atoms with E-state index < -0.39 is 18.3 Å². The van der Waals surface area contributed by atoms with Gasteiger partial charge in [-0.15, -0.1) is 12.4 Å². The molecule has 4 rings (SSSR count). The third-order valence-electron chi connectivity index (χ3n) is 5.23. The minimum absolute atomic E-state index is 0. The van der Waals surface area contributed by atoms with Crippen LogP contribution in [0.25, 0.3) is 10.9 Å². The van der Waals surface area contributed by atoms with Gasteiger partial charge in [0.2, 0.25) is 0 Å². The van der Waals surface area contributed by atoms with Crippen molar-refractivity contribution < 1.29 is 13.9 Å². The number of aromatic nitrogens is 1. The molecule has 4 atom stereocenters. The Bertz CT molecular complexity index is 937. The molecule has 2 aliphatic rings. The Balaban J connectivity index is 0.00000240. The number of anilines is 1. The van der Waals surface area contributed by atoms with Gasteiger partial charge in [-0.25, -0.2) is 4.39 Å². The molecule has 0 saturated carbocycles. The molecular formula is C20H23ClFN5O2. The van der Waals surface area contributed by atoms with E-state index in [9.17, 15) is 14.4 Å². The summed E-state index contributed by atoms with van der Waals surface area (Å²) in [5, 5.41) is 15.9. The smallest absolute Gasteiger partial charge is 0.251 e. The van der Waals surface area contributed by atoms with E-state index in [4.69, 9.17) is 4.74 Å². The highest BCUT2D eigenvalue weighted by molar-refractivity contribution is 5.95. The van der Waals surface area contributed by atoms with E-state index in [1.807, 2.05) is 25.1 Å². The number of nitrogens with one attached hydrogen (secondary N) is 2. The number of pyridine rings is 1. The zero-order valence-corrected chi connectivity index (χ0v) is 16.8. The van der Waals surface area contributed by atoms with Crippen LogP contribution in [0.4, 0.5) is 10.1 Å². The van der Waals surface area contributed by atoms with Crippen molar-refractivity contribution in [2.24, 2.45) is 0 Å². The molecule has 0 unspecified atom stereocenters. The van der Waals surface area contributed by atoms with Gasteiger partial charge in [0.25, 0.3) is 5.91 Å². The van der Waals surface area contributed by atoms with Crippen LogP contribution in [0, 0.1) is 11.3 Å². The van der Waals surface area contributed by atoms with Gasteiger partial charge in [0, 0.05) is 36.9 Å². The largest absolute Gasteiger partial charge is 0.365 e. The molecule has 0 bridgehead atoms. The molecule has 2 saturated heterocycles. The van der Waals surface area contributed by atoms with Crippen molar-refractivity contribution in [3.8, 4) is 6.07 Å². The number of hydrogen-bond acceptors (Lipinski definition) is 6. The van der Waals surface area contributed by atoms with Crippen molar-refractivity contribution in [3.63, 3.8) is 0 Å². The Hall–Kier alpha value is -2.47. The van der Waals surface area contributed by atoms with Crippen molar-refractivity contribution in [2.45, 2.75) is 31.3 Å². The number of benzene rings is 1. The molecule has 0 spiro atoms. The summed E-state index contributed by atoms with van der Waals surface area (Å²) in [6, 6.07) is 9.02. The highest BCUT2D eigenvalue weighted by Gasteiger charge is 2.35. The fourth-order valence-electron chi connectivity index (χ4n) is 3.88. The van der Waals surface area contributed by atoms with Crippen LogP contribution in [-0.4, -0.2) is 61.5 Å². The Morgan fingerprint density at radius 2 is 2.21 bits per heavy atom. The van der Waals surface area contributed by atoms with Gasteiger partial charge in [-0.05, 0) is 31.2 Å². The summed E-state index contributed by atoms with van der Waals surface area (Å²) in [5.74, 6) is -0.302. The number of alkyl halides is 1. The fraction of sp³-hybridized carbons (Fsp3) is 0.450. The van der Waals surface area contributed by atoms with Gasteiger partial charge in [0.05, 0.1) is 29.8 Å². The minimum atomic E-state index is -1.09. The molecule has 29 heavy (non-hydrogen) atoms. The normalized spacial score (nSPS) is 26.6. The lowest BCUT2D eigenvalue weighted by Gasteiger charge is -2.38. The number of hydrogen-bond donors (Lipinski definition) is 2. The Morgan fingerprint density at radius 1 is 1.38 bits per heavy atom. The monoisotopic (exact) mass is 419 g/mol. The average Bonchev–Trinajstić information content (AvgIpc) is 3.11. The Kier molecular flexibility index (Phi) is 6.52. The first-order valence-electron chi connectivity index (χ1n) is 9.40. The summed E-state index contributed by atoms with van der Waals surface area (Å²) >= 11 is 0. The van der Waals surface area contributed by atoms with Crippen molar-refractivity contribution in [1.82, 2.24) is 15.6 Å². The molecule has 1 amide bonds. The van der Waals surface area contributed by atoms with Crippen molar-refractivity contribution in [3.05, 3.63) is 36.0 Å². The molecule has 9 heteroatoms. The van der Waals surface area contributed by atoms with Gasteiger partial charge in [0.15, 0.2) is 6.10 Å². The summed E-state index contributed by atoms with van der Waals surface area (Å²) in [4.78, 5) is 19.1. The van der Waals surface area contributed by atoms with Crippen molar-refractivity contribution >= 4 is 34.9 Å². The number of morpholine rings is 1. The molecule has 7 nitrogen and oxygen atoms in total. The summed E-state index contributed by atoms with van der Waals surface area (Å²) in [5.41, 5.74) is 2.05. The topological polar surface area (TPSA) is 90.3 Å². The van der Waals surface area contributed by atoms with E-state index in [0.717, 1.165) is 11.1 Å². The van der Waals surface area contributed by atoms with Gasteiger partial charge < -0.3 is 20.3 Å². The SMILES string of the molecule is C[C@@H]1CN(c2ccc(C#N)c3ncccc23)C[C@H](C(=O)N[C@@H]2CNC[C@@H]2F)O1.Cl. The quantitative estimate of drug-likeness (QED) is 0.784. The number of carbonyl (C=O) groups excluding carboxylic acids is 1. The molecular weight excluding hydrogens is 397 g/mol. The molecule has 2 N–H and O–H groups in total. The number of nitrogens with zero attached hydrogens (tertiary/aromatic N) is 3. The third-order valence-corrected chi connectivity index (χ3v) is 5.23. The second kappa shape index (κ2) is 8.91. The summed E-state index contributed by atoms with van der Waals surface area (Å²) in [7, 11) is 0. The number of ether oxygens (including phenoxy) is 1. The predicted octanol–water partition coefficient (Wildman–Crippen LogP) is 1.55. The molecule has 2 fully saturated rings. The van der Waals surface area contributed by atoms with Gasteiger partial charge >= 0.3 is 0 Å². The number of carbonyl (C=O) groups is 1. The summed E-state index contributed by atoms with van der Waals surface area (Å²) in [6.45, 7) is 3.54. The predicted molar refractivity (Wildman–Crippen MR) is 110 cm³/mol. The van der Waals surface area contributed by atoms with E-state index in [-0.39, 0.29) is 31.0 Å². The van der Waals surface area contributed by atoms with Gasteiger partial charge in [0.1, 0.15) is 12.2 Å². The first kappa shape index (κ1) is 21.2. The minimum Gasteiger partial charge on any atom is -0.365 e. The molecule has 3 heterocycles. The van der Waals surface area contributed by atoms with Crippen LogP contribution in [0.3, 0.4) is 0 Å². The molecule has 2 aliphatic heterocycles. The zero-order valence-electron chi connectivity index (χ0n) is 16.0. The molecule has 2 aromatic rings. The van der Waals surface area contributed by atoms with E-state index in [1.54, 1.807) is 12.3 Å². The van der Waals surface area contributed by atoms with Crippen LogP contribution < -0.4 is 15.5 Å². The van der Waals surface area contributed by atoms with Gasteiger partial charge in [-0.2, -0.15) is 5.26 Å². The third kappa shape index (κ3) is 4.27. The van der Waals surface area contributed by atoms with Crippen LogP contribution in [0.5, 0.6) is 0 Å². The van der Waals surface area contributed by atoms with E-state index >= 15 is 0 Å². The lowest BCUT2D eigenvalue weighted by molar-refractivity contribution is -0.138. The van der Waals surface area contributed by atoms with Crippen LogP contribution >= 0.6 is 12.4 Å². The summed E-state index contributed by atoms with van der Waals surface area (Å²) < 4.78 is 19.7. The second-order valence-electron chi connectivity index (χ2n) is 7.27. The highest BCUT2D eigenvalue weighted by atomic mass is 35.5. The van der Waals surface area contributed by atoms with Crippen LogP contribution in [0.1, 0.15) is 12.5 Å². The van der Waals surface area contributed by atoms with Gasteiger partial charge in [-0.3, -0.25) is 9.78 Å². The maximum Gasteiger partial charge on any atom is 0.251 e. The number of rotatable bonds is 3. The number of nitriles is 1. The van der Waals surface area contributed by atoms with Gasteiger partial charge in [-0.1, -0.05) is 0 Å². The molecule has 0 radical (unpaired) electrons. The van der Waals surface area contributed by atoms with Crippen LogP contribution in [-0.2, 0) is 9.53 Å². The molecule has 1 aromatic heterocycles. The molecule has 1 aromatic carbocycles.